The highest BCUT2D eigenvalue weighted by Gasteiger charge is 2.19. The van der Waals surface area contributed by atoms with Crippen LogP contribution in [0.1, 0.15) is 50.6 Å². The van der Waals surface area contributed by atoms with Crippen LogP contribution in [-0.4, -0.2) is 28.7 Å². The standard InChI is InChI=1S/C19H27N3O2S/c1-19(2,3)17-21-18(25-22-17)20-12-14-5-4-6-15(11-14)13-24-16-7-9-23-10-8-16/h4-6,11,16H,7-10,12-13H2,1-3H3,(H,20,21,22). The third kappa shape index (κ3) is 5.49. The van der Waals surface area contributed by atoms with Gasteiger partial charge in [0.05, 0.1) is 12.7 Å². The van der Waals surface area contributed by atoms with E-state index in [1.807, 2.05) is 0 Å². The van der Waals surface area contributed by atoms with Crippen LogP contribution >= 0.6 is 11.5 Å². The Morgan fingerprint density at radius 1 is 1.24 bits per heavy atom. The zero-order valence-corrected chi connectivity index (χ0v) is 16.1. The molecular formula is C19H27N3O2S. The summed E-state index contributed by atoms with van der Waals surface area (Å²) in [5.74, 6) is 0.888. The SMILES string of the molecule is CC(C)(C)c1nsc(NCc2cccc(COC3CCOCC3)c2)n1. The molecule has 136 valence electrons. The van der Waals surface area contributed by atoms with Gasteiger partial charge in [-0.15, -0.1) is 0 Å². The third-order valence-electron chi connectivity index (χ3n) is 4.19. The molecule has 1 aliphatic heterocycles. The molecule has 1 aromatic carbocycles. The average Bonchev–Trinajstić information content (AvgIpc) is 3.09. The summed E-state index contributed by atoms with van der Waals surface area (Å²) in [7, 11) is 0. The van der Waals surface area contributed by atoms with Gasteiger partial charge in [-0.25, -0.2) is 4.98 Å². The van der Waals surface area contributed by atoms with Crippen molar-refractivity contribution in [3.8, 4) is 0 Å². The van der Waals surface area contributed by atoms with Gasteiger partial charge in [-0.1, -0.05) is 45.0 Å². The number of rotatable bonds is 6. The van der Waals surface area contributed by atoms with Crippen molar-refractivity contribution in [3.05, 3.63) is 41.2 Å². The molecule has 1 aromatic heterocycles. The van der Waals surface area contributed by atoms with E-state index < -0.39 is 0 Å². The van der Waals surface area contributed by atoms with Gasteiger partial charge in [0.1, 0.15) is 5.82 Å². The summed E-state index contributed by atoms with van der Waals surface area (Å²) in [4.78, 5) is 4.58. The molecule has 0 spiro atoms. The molecule has 0 saturated carbocycles. The van der Waals surface area contributed by atoms with Gasteiger partial charge in [-0.05, 0) is 24.0 Å². The van der Waals surface area contributed by atoms with Crippen LogP contribution in [0.25, 0.3) is 0 Å². The number of nitrogens with one attached hydrogen (secondary N) is 1. The van der Waals surface area contributed by atoms with Crippen molar-refractivity contribution in [1.29, 1.82) is 0 Å². The number of aromatic nitrogens is 2. The molecule has 2 heterocycles. The van der Waals surface area contributed by atoms with Crippen molar-refractivity contribution < 1.29 is 9.47 Å². The average molecular weight is 362 g/mol. The normalized spacial score (nSPS) is 16.1. The summed E-state index contributed by atoms with van der Waals surface area (Å²) < 4.78 is 15.8. The van der Waals surface area contributed by atoms with E-state index in [9.17, 15) is 0 Å². The summed E-state index contributed by atoms with van der Waals surface area (Å²) in [6.07, 6.45) is 2.32. The van der Waals surface area contributed by atoms with Crippen molar-refractivity contribution in [1.82, 2.24) is 9.36 Å². The predicted octanol–water partition coefficient (Wildman–Crippen LogP) is 4.14. The molecule has 6 heteroatoms. The second-order valence-electron chi connectivity index (χ2n) is 7.47. The van der Waals surface area contributed by atoms with Gasteiger partial charge >= 0.3 is 0 Å². The van der Waals surface area contributed by atoms with Crippen molar-refractivity contribution in [3.63, 3.8) is 0 Å². The van der Waals surface area contributed by atoms with E-state index in [0.717, 1.165) is 43.6 Å². The lowest BCUT2D eigenvalue weighted by Gasteiger charge is -2.22. The van der Waals surface area contributed by atoms with Gasteiger partial charge in [0.15, 0.2) is 0 Å². The van der Waals surface area contributed by atoms with Crippen LogP contribution in [0.2, 0.25) is 0 Å². The first-order valence-electron chi connectivity index (χ1n) is 8.86. The molecule has 25 heavy (non-hydrogen) atoms. The quantitative estimate of drug-likeness (QED) is 0.838. The molecule has 1 fully saturated rings. The fraction of sp³-hybridized carbons (Fsp3) is 0.579. The van der Waals surface area contributed by atoms with Crippen LogP contribution in [-0.2, 0) is 28.0 Å². The maximum absolute atomic E-state index is 6.01. The summed E-state index contributed by atoms with van der Waals surface area (Å²) in [5.41, 5.74) is 2.41. The first-order chi connectivity index (χ1) is 12.0. The van der Waals surface area contributed by atoms with Crippen LogP contribution < -0.4 is 5.32 Å². The van der Waals surface area contributed by atoms with Gasteiger partial charge in [-0.2, -0.15) is 4.37 Å². The van der Waals surface area contributed by atoms with Crippen molar-refractivity contribution in [2.45, 2.75) is 58.3 Å². The second kappa shape index (κ2) is 8.25. The third-order valence-corrected chi connectivity index (χ3v) is 4.86. The van der Waals surface area contributed by atoms with Crippen LogP contribution in [0.15, 0.2) is 24.3 Å². The van der Waals surface area contributed by atoms with Gasteiger partial charge in [0.25, 0.3) is 0 Å². The number of hydrogen-bond donors (Lipinski definition) is 1. The molecule has 0 radical (unpaired) electrons. The summed E-state index contributed by atoms with van der Waals surface area (Å²) in [5, 5.41) is 4.24. The van der Waals surface area contributed by atoms with Gasteiger partial charge in [0.2, 0.25) is 5.13 Å². The Kier molecular flexibility index (Phi) is 6.04. The molecule has 0 aliphatic carbocycles. The van der Waals surface area contributed by atoms with E-state index in [4.69, 9.17) is 9.47 Å². The van der Waals surface area contributed by atoms with E-state index >= 15 is 0 Å². The number of anilines is 1. The molecular weight excluding hydrogens is 334 g/mol. The van der Waals surface area contributed by atoms with E-state index in [0.29, 0.717) is 12.7 Å². The molecule has 3 rings (SSSR count). The molecule has 0 bridgehead atoms. The summed E-state index contributed by atoms with van der Waals surface area (Å²) in [6, 6.07) is 8.51. The Morgan fingerprint density at radius 2 is 2.00 bits per heavy atom. The van der Waals surface area contributed by atoms with Gasteiger partial charge in [0, 0.05) is 36.7 Å². The molecule has 0 atom stereocenters. The topological polar surface area (TPSA) is 56.3 Å². The van der Waals surface area contributed by atoms with E-state index in [1.165, 1.54) is 22.7 Å². The van der Waals surface area contributed by atoms with Crippen LogP contribution in [0.4, 0.5) is 5.13 Å². The zero-order valence-electron chi connectivity index (χ0n) is 15.2. The smallest absolute Gasteiger partial charge is 0.202 e. The first-order valence-corrected chi connectivity index (χ1v) is 9.63. The largest absolute Gasteiger partial charge is 0.381 e. The minimum atomic E-state index is -0.0160. The minimum absolute atomic E-state index is 0.0160. The van der Waals surface area contributed by atoms with Gasteiger partial charge < -0.3 is 14.8 Å². The fourth-order valence-electron chi connectivity index (χ4n) is 2.66. The Morgan fingerprint density at radius 3 is 2.72 bits per heavy atom. The Hall–Kier alpha value is -1.50. The minimum Gasteiger partial charge on any atom is -0.381 e. The van der Waals surface area contributed by atoms with E-state index in [2.05, 4.69) is 59.7 Å². The molecule has 1 saturated heterocycles. The molecule has 5 nitrogen and oxygen atoms in total. The van der Waals surface area contributed by atoms with E-state index in [1.54, 1.807) is 0 Å². The Labute approximate surface area is 153 Å². The lowest BCUT2D eigenvalue weighted by Crippen LogP contribution is -2.23. The second-order valence-corrected chi connectivity index (χ2v) is 8.22. The van der Waals surface area contributed by atoms with E-state index in [-0.39, 0.29) is 5.41 Å². The van der Waals surface area contributed by atoms with Crippen LogP contribution in [0.5, 0.6) is 0 Å². The molecule has 2 aromatic rings. The summed E-state index contributed by atoms with van der Waals surface area (Å²) in [6.45, 7) is 9.40. The fourth-order valence-corrected chi connectivity index (χ4v) is 3.42. The highest BCUT2D eigenvalue weighted by molar-refractivity contribution is 7.09. The number of hydrogen-bond acceptors (Lipinski definition) is 6. The monoisotopic (exact) mass is 361 g/mol. The Bertz CT molecular complexity index is 675. The number of ether oxygens (including phenoxy) is 2. The number of benzene rings is 1. The van der Waals surface area contributed by atoms with Crippen LogP contribution in [0, 0.1) is 0 Å². The maximum Gasteiger partial charge on any atom is 0.202 e. The van der Waals surface area contributed by atoms with Crippen molar-refractivity contribution in [2.24, 2.45) is 0 Å². The molecule has 1 aliphatic rings. The number of nitrogens with zero attached hydrogens (tertiary/aromatic N) is 2. The highest BCUT2D eigenvalue weighted by atomic mass is 32.1. The molecule has 1 N–H and O–H groups in total. The van der Waals surface area contributed by atoms with Crippen molar-refractivity contribution in [2.75, 3.05) is 18.5 Å². The molecule has 0 amide bonds. The lowest BCUT2D eigenvalue weighted by atomic mass is 9.96. The van der Waals surface area contributed by atoms with Crippen molar-refractivity contribution >= 4 is 16.7 Å². The van der Waals surface area contributed by atoms with Gasteiger partial charge in [-0.3, -0.25) is 0 Å². The first kappa shape index (κ1) is 18.3. The Balaban J connectivity index is 1.52. The highest BCUT2D eigenvalue weighted by Crippen LogP contribution is 2.23. The van der Waals surface area contributed by atoms with Crippen LogP contribution in [0.3, 0.4) is 0 Å². The summed E-state index contributed by atoms with van der Waals surface area (Å²) >= 11 is 1.42. The maximum atomic E-state index is 6.01. The zero-order chi connectivity index (χ0) is 17.7. The predicted molar refractivity (Wildman–Crippen MR) is 101 cm³/mol. The lowest BCUT2D eigenvalue weighted by molar-refractivity contribution is -0.0390. The molecule has 0 unspecified atom stereocenters.